The van der Waals surface area contributed by atoms with E-state index in [4.69, 9.17) is 0 Å². The van der Waals surface area contributed by atoms with E-state index >= 15 is 0 Å². The summed E-state index contributed by atoms with van der Waals surface area (Å²) in [5.74, 6) is 0.640. The molecule has 0 N–H and O–H groups in total. The third-order valence-electron chi connectivity index (χ3n) is 3.43. The Morgan fingerprint density at radius 1 is 0.750 bits per heavy atom. The van der Waals surface area contributed by atoms with Gasteiger partial charge in [0.15, 0.2) is 0 Å². The monoisotopic (exact) mass is 314 g/mol. The van der Waals surface area contributed by atoms with Crippen molar-refractivity contribution in [2.45, 2.75) is 84.5 Å². The summed E-state index contributed by atoms with van der Waals surface area (Å²) in [6, 6.07) is 0. The Labute approximate surface area is 148 Å². The predicted octanol–water partition coefficient (Wildman–Crippen LogP) is 1.48. The molecule has 5 heteroatoms. The normalized spacial score (nSPS) is 11.6. The molecule has 0 aliphatic carbocycles. The van der Waals surface area contributed by atoms with Crippen LogP contribution in [0.2, 0.25) is 0 Å². The van der Waals surface area contributed by atoms with Crippen molar-refractivity contribution in [3.05, 3.63) is 0 Å². The summed E-state index contributed by atoms with van der Waals surface area (Å²) in [5, 5.41) is 0. The summed E-state index contributed by atoms with van der Waals surface area (Å²) in [6.45, 7) is 4.55. The third kappa shape index (κ3) is 21.2. The minimum atomic E-state index is -3.99. The van der Waals surface area contributed by atoms with Crippen LogP contribution < -0.4 is 29.6 Å². The molecule has 20 heavy (non-hydrogen) atoms. The van der Waals surface area contributed by atoms with Crippen LogP contribution in [0.25, 0.3) is 0 Å². The first-order valence-corrected chi connectivity index (χ1v) is 9.43. The molecule has 116 valence electrons. The fourth-order valence-electron chi connectivity index (χ4n) is 2.25. The summed E-state index contributed by atoms with van der Waals surface area (Å²) in [5.41, 5.74) is 0. The van der Waals surface area contributed by atoms with E-state index in [1.54, 1.807) is 0 Å². The molecule has 0 unspecified atom stereocenters. The van der Waals surface area contributed by atoms with E-state index in [9.17, 15) is 13.0 Å². The van der Waals surface area contributed by atoms with Gasteiger partial charge in [0, 0.05) is 5.75 Å². The van der Waals surface area contributed by atoms with Crippen molar-refractivity contribution in [3.63, 3.8) is 0 Å². The Balaban J connectivity index is 0. The van der Waals surface area contributed by atoms with Gasteiger partial charge in [-0.15, -0.1) is 0 Å². The molecule has 0 aromatic carbocycles. The number of unbranched alkanes of at least 4 members (excludes halogenated alkanes) is 9. The summed E-state index contributed by atoms with van der Waals surface area (Å²) >= 11 is 0. The first-order chi connectivity index (χ1) is 8.92. The van der Waals surface area contributed by atoms with Gasteiger partial charge < -0.3 is 4.55 Å². The summed E-state index contributed by atoms with van der Waals surface area (Å²) < 4.78 is 31.1. The van der Waals surface area contributed by atoms with Crippen LogP contribution in [0.15, 0.2) is 0 Å². The van der Waals surface area contributed by atoms with Gasteiger partial charge in [0.05, 0.1) is 10.1 Å². The second-order valence-electron chi connectivity index (χ2n) is 5.98. The van der Waals surface area contributed by atoms with E-state index < -0.39 is 10.1 Å². The van der Waals surface area contributed by atoms with Crippen LogP contribution in [0.1, 0.15) is 84.5 Å². The average Bonchev–Trinajstić information content (AvgIpc) is 2.28. The van der Waals surface area contributed by atoms with Gasteiger partial charge >= 0.3 is 29.6 Å². The third-order valence-corrected chi connectivity index (χ3v) is 4.21. The molecule has 0 heterocycles. The minimum Gasteiger partial charge on any atom is -0.748 e. The molecular formula is C15H31NaO3S. The van der Waals surface area contributed by atoms with Crippen molar-refractivity contribution >= 4 is 10.1 Å². The minimum absolute atomic E-state index is 0. The maximum atomic E-state index is 10.4. The molecule has 0 radical (unpaired) electrons. The summed E-state index contributed by atoms with van der Waals surface area (Å²) in [4.78, 5) is 0. The Morgan fingerprint density at radius 3 is 1.45 bits per heavy atom. The van der Waals surface area contributed by atoms with E-state index in [0.717, 1.165) is 18.8 Å². The zero-order valence-electron chi connectivity index (χ0n) is 13.7. The van der Waals surface area contributed by atoms with E-state index in [1.807, 2.05) is 0 Å². The number of hydrogen-bond donors (Lipinski definition) is 0. The van der Waals surface area contributed by atoms with Gasteiger partial charge in [-0.3, -0.25) is 0 Å². The van der Waals surface area contributed by atoms with Gasteiger partial charge in [-0.1, -0.05) is 78.1 Å². The van der Waals surface area contributed by atoms with E-state index in [0.29, 0.717) is 6.42 Å². The SMILES string of the molecule is CC(C)CCCCCCCCCCCCS(=O)(=O)[O-].[Na+]. The topological polar surface area (TPSA) is 57.2 Å². The van der Waals surface area contributed by atoms with Gasteiger partial charge in [0.1, 0.15) is 0 Å². The molecule has 0 aliphatic rings. The van der Waals surface area contributed by atoms with Crippen molar-refractivity contribution in [1.82, 2.24) is 0 Å². The Kier molecular flexibility index (Phi) is 17.2. The van der Waals surface area contributed by atoms with Crippen LogP contribution in [0, 0.1) is 5.92 Å². The molecule has 0 aromatic heterocycles. The fourth-order valence-corrected chi connectivity index (χ4v) is 2.80. The van der Waals surface area contributed by atoms with Crippen LogP contribution in [-0.4, -0.2) is 18.7 Å². The van der Waals surface area contributed by atoms with Gasteiger partial charge in [0.25, 0.3) is 0 Å². The zero-order valence-corrected chi connectivity index (χ0v) is 16.5. The Morgan fingerprint density at radius 2 is 1.10 bits per heavy atom. The molecule has 0 rings (SSSR count). The molecule has 0 bridgehead atoms. The maximum absolute atomic E-state index is 10.4. The summed E-state index contributed by atoms with van der Waals surface area (Å²) in [6.07, 6.45) is 12.9. The molecule has 0 aromatic rings. The van der Waals surface area contributed by atoms with E-state index in [-0.39, 0.29) is 35.3 Å². The van der Waals surface area contributed by atoms with Crippen molar-refractivity contribution < 1.29 is 42.5 Å². The Hall–Kier alpha value is 0.910. The van der Waals surface area contributed by atoms with Gasteiger partial charge in [-0.25, -0.2) is 8.42 Å². The Bertz CT molecular complexity index is 289. The standard InChI is InChI=1S/C15H32O3S.Na/c1-15(2)13-11-9-7-5-3-4-6-8-10-12-14-19(16,17)18;/h15H,3-14H2,1-2H3,(H,16,17,18);/q;+1/p-1. The molecule has 0 spiro atoms. The molecular weight excluding hydrogens is 283 g/mol. The maximum Gasteiger partial charge on any atom is 1.00 e. The van der Waals surface area contributed by atoms with Crippen LogP contribution >= 0.6 is 0 Å². The van der Waals surface area contributed by atoms with Crippen molar-refractivity contribution in [1.29, 1.82) is 0 Å². The van der Waals surface area contributed by atoms with Crippen molar-refractivity contribution in [2.75, 3.05) is 5.75 Å². The quantitative estimate of drug-likeness (QED) is 0.294. The van der Waals surface area contributed by atoms with Gasteiger partial charge in [-0.05, 0) is 12.3 Å². The first kappa shape index (κ1) is 23.2. The van der Waals surface area contributed by atoms with E-state index in [2.05, 4.69) is 13.8 Å². The average molecular weight is 314 g/mol. The number of rotatable bonds is 13. The molecule has 0 fully saturated rings. The molecule has 0 saturated heterocycles. The molecule has 0 amide bonds. The van der Waals surface area contributed by atoms with Crippen LogP contribution in [0.5, 0.6) is 0 Å². The second kappa shape index (κ2) is 14.8. The van der Waals surface area contributed by atoms with Gasteiger partial charge in [-0.2, -0.15) is 0 Å². The second-order valence-corrected chi connectivity index (χ2v) is 7.50. The first-order valence-electron chi connectivity index (χ1n) is 7.85. The smallest absolute Gasteiger partial charge is 0.748 e. The largest absolute Gasteiger partial charge is 1.00 e. The van der Waals surface area contributed by atoms with Crippen LogP contribution in [-0.2, 0) is 10.1 Å². The fraction of sp³-hybridized carbons (Fsp3) is 1.00. The van der Waals surface area contributed by atoms with Crippen LogP contribution in [0.4, 0.5) is 0 Å². The zero-order chi connectivity index (χ0) is 14.6. The van der Waals surface area contributed by atoms with Crippen LogP contribution in [0.3, 0.4) is 0 Å². The van der Waals surface area contributed by atoms with E-state index in [1.165, 1.54) is 51.4 Å². The molecule has 0 atom stereocenters. The van der Waals surface area contributed by atoms with Crippen molar-refractivity contribution in [3.8, 4) is 0 Å². The van der Waals surface area contributed by atoms with Crippen molar-refractivity contribution in [2.24, 2.45) is 5.92 Å². The molecule has 3 nitrogen and oxygen atoms in total. The molecule has 0 aliphatic heterocycles. The summed E-state index contributed by atoms with van der Waals surface area (Å²) in [7, 11) is -3.99. The number of hydrogen-bond acceptors (Lipinski definition) is 3. The molecule has 0 saturated carbocycles. The van der Waals surface area contributed by atoms with Gasteiger partial charge in [0.2, 0.25) is 0 Å². The predicted molar refractivity (Wildman–Crippen MR) is 80.2 cm³/mol.